The van der Waals surface area contributed by atoms with Crippen molar-refractivity contribution in [2.45, 2.75) is 40.0 Å². The van der Waals surface area contributed by atoms with Gasteiger partial charge in [-0.25, -0.2) is 4.79 Å². The first kappa shape index (κ1) is 21.0. The summed E-state index contributed by atoms with van der Waals surface area (Å²) in [6.07, 6.45) is 1.71. The molecule has 2 heterocycles. The minimum atomic E-state index is -0.571. The van der Waals surface area contributed by atoms with Crippen LogP contribution < -0.4 is 5.32 Å². The maximum atomic E-state index is 13.1. The maximum absolute atomic E-state index is 13.1. The van der Waals surface area contributed by atoms with Crippen LogP contribution in [-0.4, -0.2) is 29.4 Å². The normalized spacial score (nSPS) is 12.1. The molecule has 0 saturated heterocycles. The van der Waals surface area contributed by atoms with Gasteiger partial charge in [-0.2, -0.15) is 0 Å². The highest BCUT2D eigenvalue weighted by molar-refractivity contribution is 7.18. The molecule has 1 aliphatic carbocycles. The summed E-state index contributed by atoms with van der Waals surface area (Å²) in [4.78, 5) is 38.4. The Labute approximate surface area is 183 Å². The fourth-order valence-electron chi connectivity index (χ4n) is 3.79. The van der Waals surface area contributed by atoms with E-state index in [1.54, 1.807) is 20.8 Å². The highest BCUT2D eigenvalue weighted by atomic mass is 32.1. The molecule has 8 heteroatoms. The van der Waals surface area contributed by atoms with Crippen LogP contribution >= 0.6 is 11.3 Å². The van der Waals surface area contributed by atoms with Gasteiger partial charge in [0.25, 0.3) is 5.91 Å². The molecule has 0 saturated carbocycles. The third-order valence-electron chi connectivity index (χ3n) is 5.34. The zero-order chi connectivity index (χ0) is 22.1. The number of thiophene rings is 1. The number of ether oxygens (including phenoxy) is 1. The first-order chi connectivity index (χ1) is 15.0. The van der Waals surface area contributed by atoms with Gasteiger partial charge >= 0.3 is 5.97 Å². The van der Waals surface area contributed by atoms with Crippen LogP contribution in [0.2, 0.25) is 0 Å². The van der Waals surface area contributed by atoms with Crippen LogP contribution in [0.1, 0.15) is 67.5 Å². The van der Waals surface area contributed by atoms with E-state index >= 15 is 0 Å². The van der Waals surface area contributed by atoms with E-state index in [0.29, 0.717) is 29.0 Å². The molecule has 2 aromatic heterocycles. The number of hydrogen-bond acceptors (Lipinski definition) is 7. The van der Waals surface area contributed by atoms with Crippen LogP contribution in [0.4, 0.5) is 5.00 Å². The quantitative estimate of drug-likeness (QED) is 0.437. The predicted molar refractivity (Wildman–Crippen MR) is 117 cm³/mol. The van der Waals surface area contributed by atoms with Crippen molar-refractivity contribution in [3.05, 3.63) is 57.1 Å². The average molecular weight is 439 g/mol. The zero-order valence-corrected chi connectivity index (χ0v) is 18.4. The fraction of sp³-hybridized carbons (Fsp3) is 0.304. The lowest BCUT2D eigenvalue weighted by Gasteiger charge is -2.14. The number of aryl methyl sites for hydroxylation is 1. The lowest BCUT2D eigenvalue weighted by atomic mass is 9.89. The van der Waals surface area contributed by atoms with Gasteiger partial charge in [0.2, 0.25) is 0 Å². The van der Waals surface area contributed by atoms with E-state index in [4.69, 9.17) is 9.26 Å². The molecule has 1 aliphatic rings. The van der Waals surface area contributed by atoms with Crippen molar-refractivity contribution in [3.63, 3.8) is 0 Å². The number of ketones is 1. The number of benzene rings is 1. The Morgan fingerprint density at radius 2 is 1.97 bits per heavy atom. The molecule has 1 amide bonds. The van der Waals surface area contributed by atoms with Gasteiger partial charge in [0, 0.05) is 17.5 Å². The van der Waals surface area contributed by atoms with Gasteiger partial charge in [0.1, 0.15) is 5.00 Å². The van der Waals surface area contributed by atoms with Crippen LogP contribution in [0.5, 0.6) is 0 Å². The third-order valence-corrected chi connectivity index (χ3v) is 6.59. The van der Waals surface area contributed by atoms with Gasteiger partial charge in [0.05, 0.1) is 17.0 Å². The van der Waals surface area contributed by atoms with Crippen molar-refractivity contribution in [3.8, 4) is 11.3 Å². The monoisotopic (exact) mass is 438 g/mol. The predicted octanol–water partition coefficient (Wildman–Crippen LogP) is 4.83. The van der Waals surface area contributed by atoms with E-state index in [1.165, 1.54) is 0 Å². The van der Waals surface area contributed by atoms with Crippen molar-refractivity contribution in [1.82, 2.24) is 5.16 Å². The van der Waals surface area contributed by atoms with Gasteiger partial charge in [-0.05, 0) is 37.8 Å². The summed E-state index contributed by atoms with van der Waals surface area (Å²) >= 11 is 1.08. The SMILES string of the molecule is CCOC(=O)c1c(NC(=O)c2noc3c2CCc2ccccc2-3)sc(C(=O)CC)c1C. The summed E-state index contributed by atoms with van der Waals surface area (Å²) in [7, 11) is 0. The number of aromatic nitrogens is 1. The minimum Gasteiger partial charge on any atom is -0.462 e. The Hall–Kier alpha value is -3.26. The van der Waals surface area contributed by atoms with E-state index in [2.05, 4.69) is 10.5 Å². The Morgan fingerprint density at radius 1 is 1.19 bits per heavy atom. The summed E-state index contributed by atoms with van der Waals surface area (Å²) in [5, 5.41) is 7.07. The standard InChI is InChI=1S/C23H22N2O5S/c1-4-16(26)20-12(3)17(23(28)29-5-2)22(31-20)24-21(27)18-15-11-10-13-8-6-7-9-14(13)19(15)30-25-18/h6-9H,4-5,10-11H2,1-3H3,(H,24,27). The smallest absolute Gasteiger partial charge is 0.341 e. The third kappa shape index (κ3) is 3.67. The number of Topliss-reactive ketones (excluding diaryl/α,β-unsaturated/α-hetero) is 1. The first-order valence-electron chi connectivity index (χ1n) is 10.2. The van der Waals surface area contributed by atoms with Crippen LogP contribution in [0.3, 0.4) is 0 Å². The molecule has 1 aromatic carbocycles. The van der Waals surface area contributed by atoms with Gasteiger partial charge in [-0.1, -0.05) is 36.3 Å². The molecule has 0 atom stereocenters. The molecule has 0 radical (unpaired) electrons. The second kappa shape index (κ2) is 8.47. The second-order valence-corrected chi connectivity index (χ2v) is 8.23. The molecule has 0 bridgehead atoms. The van der Waals surface area contributed by atoms with E-state index in [0.717, 1.165) is 34.4 Å². The number of carbonyl (C=O) groups excluding carboxylic acids is 3. The molecule has 3 aromatic rings. The van der Waals surface area contributed by atoms with Crippen LogP contribution in [0.25, 0.3) is 11.3 Å². The van der Waals surface area contributed by atoms with Gasteiger partial charge in [-0.15, -0.1) is 11.3 Å². The number of esters is 1. The number of rotatable bonds is 6. The highest BCUT2D eigenvalue weighted by Crippen LogP contribution is 2.37. The number of amides is 1. The molecule has 0 aliphatic heterocycles. The first-order valence-corrected chi connectivity index (χ1v) is 11.0. The van der Waals surface area contributed by atoms with Gasteiger partial charge < -0.3 is 14.6 Å². The summed E-state index contributed by atoms with van der Waals surface area (Å²) < 4.78 is 10.7. The van der Waals surface area contributed by atoms with Crippen LogP contribution in [-0.2, 0) is 17.6 Å². The van der Waals surface area contributed by atoms with Gasteiger partial charge in [-0.3, -0.25) is 9.59 Å². The summed E-state index contributed by atoms with van der Waals surface area (Å²) in [6.45, 7) is 5.34. The molecule has 0 unspecified atom stereocenters. The van der Waals surface area contributed by atoms with E-state index in [1.807, 2.05) is 24.3 Å². The molecule has 31 heavy (non-hydrogen) atoms. The highest BCUT2D eigenvalue weighted by Gasteiger charge is 2.30. The lowest BCUT2D eigenvalue weighted by Crippen LogP contribution is -2.17. The number of anilines is 1. The summed E-state index contributed by atoms with van der Waals surface area (Å²) in [5.74, 6) is -0.546. The molecule has 4 rings (SSSR count). The van der Waals surface area contributed by atoms with Crippen molar-refractivity contribution in [1.29, 1.82) is 0 Å². The average Bonchev–Trinajstić information content (AvgIpc) is 3.34. The molecule has 1 N–H and O–H groups in total. The van der Waals surface area contributed by atoms with Crippen molar-refractivity contribution < 1.29 is 23.6 Å². The minimum absolute atomic E-state index is 0.0935. The maximum Gasteiger partial charge on any atom is 0.341 e. The fourth-order valence-corrected chi connectivity index (χ4v) is 4.99. The van der Waals surface area contributed by atoms with Crippen molar-refractivity contribution in [2.75, 3.05) is 11.9 Å². The number of fused-ring (bicyclic) bond motifs is 3. The largest absolute Gasteiger partial charge is 0.462 e. The Balaban J connectivity index is 1.69. The Morgan fingerprint density at radius 3 is 2.71 bits per heavy atom. The van der Waals surface area contributed by atoms with E-state index in [-0.39, 0.29) is 28.6 Å². The second-order valence-electron chi connectivity index (χ2n) is 7.21. The Bertz CT molecular complexity index is 1190. The van der Waals surface area contributed by atoms with Crippen LogP contribution in [0, 0.1) is 6.92 Å². The molecular weight excluding hydrogens is 416 g/mol. The number of hydrogen-bond donors (Lipinski definition) is 1. The zero-order valence-electron chi connectivity index (χ0n) is 17.5. The summed E-state index contributed by atoms with van der Waals surface area (Å²) in [5.41, 5.74) is 3.74. The molecule has 160 valence electrons. The molecule has 7 nitrogen and oxygen atoms in total. The number of nitrogens with one attached hydrogen (secondary N) is 1. The number of carbonyl (C=O) groups is 3. The van der Waals surface area contributed by atoms with Crippen molar-refractivity contribution in [2.24, 2.45) is 0 Å². The summed E-state index contributed by atoms with van der Waals surface area (Å²) in [6, 6.07) is 7.87. The number of nitrogens with zero attached hydrogens (tertiary/aromatic N) is 1. The molecule has 0 spiro atoms. The molecular formula is C23H22N2O5S. The Kier molecular flexibility index (Phi) is 5.73. The van der Waals surface area contributed by atoms with Crippen LogP contribution in [0.15, 0.2) is 28.8 Å². The lowest BCUT2D eigenvalue weighted by molar-refractivity contribution is 0.0527. The topological polar surface area (TPSA) is 98.5 Å². The van der Waals surface area contributed by atoms with Crippen molar-refractivity contribution >= 4 is 34.0 Å². The van der Waals surface area contributed by atoms with E-state index in [9.17, 15) is 14.4 Å². The van der Waals surface area contributed by atoms with E-state index < -0.39 is 11.9 Å². The molecule has 0 fully saturated rings. The van der Waals surface area contributed by atoms with Gasteiger partial charge in [0.15, 0.2) is 17.2 Å².